The van der Waals surface area contributed by atoms with Gasteiger partial charge in [0.25, 0.3) is 0 Å². The molecule has 1 heterocycles. The molecule has 1 aromatic heterocycles. The summed E-state index contributed by atoms with van der Waals surface area (Å²) in [6, 6.07) is 5.99. The average Bonchev–Trinajstić information content (AvgIpc) is 3.01. The fourth-order valence-corrected chi connectivity index (χ4v) is 2.98. The Bertz CT molecular complexity index is 689. The number of hydrogen-bond acceptors (Lipinski definition) is 6. The molecular weight excluding hydrogens is 326 g/mol. The van der Waals surface area contributed by atoms with Crippen molar-refractivity contribution in [3.8, 4) is 5.69 Å². The normalized spacial score (nSPS) is 12.2. The molecule has 130 valence electrons. The van der Waals surface area contributed by atoms with E-state index in [-0.39, 0.29) is 11.2 Å². The van der Waals surface area contributed by atoms with Crippen LogP contribution >= 0.6 is 11.8 Å². The summed E-state index contributed by atoms with van der Waals surface area (Å²) in [5.41, 5.74) is 3.21. The molecule has 0 aliphatic carbocycles. The van der Waals surface area contributed by atoms with Gasteiger partial charge < -0.3 is 10.1 Å². The Balaban J connectivity index is 2.05. The van der Waals surface area contributed by atoms with E-state index in [0.29, 0.717) is 18.3 Å². The molecule has 24 heavy (non-hydrogen) atoms. The molecule has 0 fully saturated rings. The first-order chi connectivity index (χ1) is 11.5. The standard InChI is InChI=1S/C16H23N5O2S/c1-11-7-5-8-14(12(11)2)21-16(18-19-20-21)24-13(3)15(22)17-9-6-10-23-4/h5,7-8,13H,6,9-10H2,1-4H3,(H,17,22). The van der Waals surface area contributed by atoms with Crippen LogP contribution in [0.4, 0.5) is 0 Å². The van der Waals surface area contributed by atoms with Gasteiger partial charge in [0, 0.05) is 20.3 Å². The molecule has 0 aliphatic heterocycles. The Labute approximate surface area is 146 Å². The number of aromatic nitrogens is 4. The fraction of sp³-hybridized carbons (Fsp3) is 0.500. The van der Waals surface area contributed by atoms with Crippen LogP contribution in [0.15, 0.2) is 23.4 Å². The van der Waals surface area contributed by atoms with Crippen LogP contribution in [0, 0.1) is 13.8 Å². The van der Waals surface area contributed by atoms with Gasteiger partial charge in [-0.2, -0.15) is 4.68 Å². The summed E-state index contributed by atoms with van der Waals surface area (Å²) >= 11 is 1.34. The smallest absolute Gasteiger partial charge is 0.233 e. The number of tetrazole rings is 1. The minimum Gasteiger partial charge on any atom is -0.385 e. The topological polar surface area (TPSA) is 81.9 Å². The maximum atomic E-state index is 12.2. The average molecular weight is 349 g/mol. The molecule has 2 aromatic rings. The van der Waals surface area contributed by atoms with Crippen LogP contribution in [-0.2, 0) is 9.53 Å². The number of methoxy groups -OCH3 is 1. The SMILES string of the molecule is COCCCNC(=O)C(C)Sc1nnnn1-c1cccc(C)c1C. The summed E-state index contributed by atoms with van der Waals surface area (Å²) < 4.78 is 6.65. The zero-order valence-corrected chi connectivity index (χ0v) is 15.3. The number of carbonyl (C=O) groups is 1. The number of hydrogen-bond donors (Lipinski definition) is 1. The third-order valence-corrected chi connectivity index (χ3v) is 4.75. The quantitative estimate of drug-likeness (QED) is 0.579. The maximum absolute atomic E-state index is 12.2. The molecule has 0 aliphatic rings. The molecule has 1 unspecified atom stereocenters. The van der Waals surface area contributed by atoms with Crippen molar-refractivity contribution in [3.05, 3.63) is 29.3 Å². The second kappa shape index (κ2) is 8.79. The monoisotopic (exact) mass is 349 g/mol. The lowest BCUT2D eigenvalue weighted by molar-refractivity contribution is -0.120. The van der Waals surface area contributed by atoms with Crippen LogP contribution in [0.1, 0.15) is 24.5 Å². The molecule has 0 saturated carbocycles. The Hall–Kier alpha value is -1.93. The maximum Gasteiger partial charge on any atom is 0.233 e. The van der Waals surface area contributed by atoms with Crippen LogP contribution in [0.2, 0.25) is 0 Å². The molecule has 8 heteroatoms. The molecule has 2 rings (SSSR count). The molecular formula is C16H23N5O2S. The van der Waals surface area contributed by atoms with E-state index in [1.54, 1.807) is 11.8 Å². The van der Waals surface area contributed by atoms with Crippen molar-refractivity contribution < 1.29 is 9.53 Å². The van der Waals surface area contributed by atoms with Crippen LogP contribution in [0.3, 0.4) is 0 Å². The van der Waals surface area contributed by atoms with Gasteiger partial charge in [-0.25, -0.2) is 0 Å². The highest BCUT2D eigenvalue weighted by atomic mass is 32.2. The second-order valence-corrected chi connectivity index (χ2v) is 6.80. The van der Waals surface area contributed by atoms with E-state index in [1.807, 2.05) is 39.0 Å². The number of aryl methyl sites for hydroxylation is 1. The second-order valence-electron chi connectivity index (χ2n) is 5.49. The first-order valence-electron chi connectivity index (χ1n) is 7.83. The number of amides is 1. The molecule has 0 spiro atoms. The predicted octanol–water partition coefficient (Wildman–Crippen LogP) is 1.91. The van der Waals surface area contributed by atoms with Crippen molar-refractivity contribution in [1.82, 2.24) is 25.5 Å². The lowest BCUT2D eigenvalue weighted by atomic mass is 10.1. The minimum absolute atomic E-state index is 0.0355. The van der Waals surface area contributed by atoms with Gasteiger partial charge in [0.05, 0.1) is 10.9 Å². The summed E-state index contributed by atoms with van der Waals surface area (Å²) in [7, 11) is 1.65. The van der Waals surface area contributed by atoms with Crippen molar-refractivity contribution >= 4 is 17.7 Å². The minimum atomic E-state index is -0.289. The van der Waals surface area contributed by atoms with Gasteiger partial charge in [0.15, 0.2) is 0 Å². The predicted molar refractivity (Wildman–Crippen MR) is 93.4 cm³/mol. The number of carbonyl (C=O) groups excluding carboxylic acids is 1. The lowest BCUT2D eigenvalue weighted by Gasteiger charge is -2.13. The first-order valence-corrected chi connectivity index (χ1v) is 8.70. The third-order valence-electron chi connectivity index (χ3n) is 3.72. The highest BCUT2D eigenvalue weighted by Crippen LogP contribution is 2.25. The van der Waals surface area contributed by atoms with Gasteiger partial charge >= 0.3 is 0 Å². The molecule has 1 aromatic carbocycles. The zero-order valence-electron chi connectivity index (χ0n) is 14.4. The van der Waals surface area contributed by atoms with E-state index < -0.39 is 0 Å². The Morgan fingerprint density at radius 2 is 2.21 bits per heavy atom. The molecule has 0 saturated heterocycles. The Kier molecular flexibility index (Phi) is 6.74. The lowest BCUT2D eigenvalue weighted by Crippen LogP contribution is -2.32. The van der Waals surface area contributed by atoms with Crippen molar-refractivity contribution in [3.63, 3.8) is 0 Å². The van der Waals surface area contributed by atoms with Gasteiger partial charge in [0.2, 0.25) is 11.1 Å². The summed E-state index contributed by atoms with van der Waals surface area (Å²) in [5.74, 6) is -0.0355. The number of thioether (sulfide) groups is 1. The largest absolute Gasteiger partial charge is 0.385 e. The van der Waals surface area contributed by atoms with Gasteiger partial charge in [0.1, 0.15) is 0 Å². The van der Waals surface area contributed by atoms with Gasteiger partial charge in [-0.1, -0.05) is 23.9 Å². The van der Waals surface area contributed by atoms with Crippen molar-refractivity contribution in [2.24, 2.45) is 0 Å². The molecule has 1 amide bonds. The Morgan fingerprint density at radius 3 is 2.96 bits per heavy atom. The fourth-order valence-electron chi connectivity index (χ4n) is 2.15. The van der Waals surface area contributed by atoms with E-state index in [2.05, 4.69) is 20.8 Å². The van der Waals surface area contributed by atoms with Crippen molar-refractivity contribution in [2.45, 2.75) is 37.6 Å². The molecule has 1 N–H and O–H groups in total. The van der Waals surface area contributed by atoms with E-state index >= 15 is 0 Å². The summed E-state index contributed by atoms with van der Waals surface area (Å²) in [5, 5.41) is 15.1. The highest BCUT2D eigenvalue weighted by molar-refractivity contribution is 8.00. The van der Waals surface area contributed by atoms with Gasteiger partial charge in [-0.15, -0.1) is 5.10 Å². The molecule has 1 atom stereocenters. The van der Waals surface area contributed by atoms with E-state index in [9.17, 15) is 4.79 Å². The van der Waals surface area contributed by atoms with Crippen LogP contribution in [0.25, 0.3) is 5.69 Å². The van der Waals surface area contributed by atoms with Gasteiger partial charge in [-0.05, 0) is 54.8 Å². The van der Waals surface area contributed by atoms with Crippen LogP contribution < -0.4 is 5.32 Å². The summed E-state index contributed by atoms with van der Waals surface area (Å²) in [6.45, 7) is 7.16. The number of nitrogens with zero attached hydrogens (tertiary/aromatic N) is 4. The van der Waals surface area contributed by atoms with E-state index in [0.717, 1.165) is 17.7 Å². The number of nitrogens with one attached hydrogen (secondary N) is 1. The van der Waals surface area contributed by atoms with E-state index in [1.165, 1.54) is 17.3 Å². The third kappa shape index (κ3) is 4.55. The number of benzene rings is 1. The molecule has 0 radical (unpaired) electrons. The van der Waals surface area contributed by atoms with Crippen molar-refractivity contribution in [1.29, 1.82) is 0 Å². The van der Waals surface area contributed by atoms with E-state index in [4.69, 9.17) is 4.74 Å². The number of rotatable bonds is 8. The molecule has 0 bridgehead atoms. The highest BCUT2D eigenvalue weighted by Gasteiger charge is 2.19. The molecule has 7 nitrogen and oxygen atoms in total. The van der Waals surface area contributed by atoms with Crippen LogP contribution in [-0.4, -0.2) is 51.6 Å². The Morgan fingerprint density at radius 1 is 1.42 bits per heavy atom. The number of ether oxygens (including phenoxy) is 1. The summed E-state index contributed by atoms with van der Waals surface area (Å²) in [6.07, 6.45) is 0.792. The van der Waals surface area contributed by atoms with Gasteiger partial charge in [-0.3, -0.25) is 4.79 Å². The van der Waals surface area contributed by atoms with Crippen LogP contribution in [0.5, 0.6) is 0 Å². The summed E-state index contributed by atoms with van der Waals surface area (Å²) in [4.78, 5) is 12.2. The first kappa shape index (κ1) is 18.4. The zero-order chi connectivity index (χ0) is 17.5. The van der Waals surface area contributed by atoms with Crippen molar-refractivity contribution in [2.75, 3.05) is 20.3 Å².